The first-order valence-electron chi connectivity index (χ1n) is 8.41. The smallest absolute Gasteiger partial charge is 0.0420 e. The summed E-state index contributed by atoms with van der Waals surface area (Å²) in [7, 11) is 6.58. The molecular formula is C18H31N3. The van der Waals surface area contributed by atoms with E-state index in [0.29, 0.717) is 6.04 Å². The summed E-state index contributed by atoms with van der Waals surface area (Å²) in [6, 6.07) is 4.89. The molecule has 0 saturated heterocycles. The Labute approximate surface area is 130 Å². The van der Waals surface area contributed by atoms with Crippen molar-refractivity contribution in [2.45, 2.75) is 63.5 Å². The van der Waals surface area contributed by atoms with Crippen molar-refractivity contribution in [1.82, 2.24) is 15.2 Å². The van der Waals surface area contributed by atoms with Crippen LogP contribution in [0.1, 0.15) is 50.3 Å². The first-order valence-corrected chi connectivity index (χ1v) is 8.41. The lowest BCUT2D eigenvalue weighted by molar-refractivity contribution is 0.0595. The normalized spacial score (nSPS) is 19.7. The molecule has 0 spiro atoms. The van der Waals surface area contributed by atoms with Crippen LogP contribution in [0, 0.1) is 0 Å². The van der Waals surface area contributed by atoms with Crippen LogP contribution < -0.4 is 5.32 Å². The van der Waals surface area contributed by atoms with Crippen LogP contribution in [-0.4, -0.2) is 42.6 Å². The number of hydrogen-bond acceptors (Lipinski definition) is 3. The Kier molecular flexibility index (Phi) is 5.77. The summed E-state index contributed by atoms with van der Waals surface area (Å²) in [5.41, 5.74) is 2.80. The SMILES string of the molecule is CCc1ccc(CC(NC)C2(N(C)C)CCCCC2)nc1. The van der Waals surface area contributed by atoms with Gasteiger partial charge in [-0.15, -0.1) is 0 Å². The third kappa shape index (κ3) is 3.64. The highest BCUT2D eigenvalue weighted by atomic mass is 15.2. The van der Waals surface area contributed by atoms with E-state index in [1.54, 1.807) is 0 Å². The Hall–Kier alpha value is -0.930. The first-order chi connectivity index (χ1) is 10.1. The largest absolute Gasteiger partial charge is 0.315 e. The number of rotatable bonds is 6. The molecule has 0 aromatic carbocycles. The van der Waals surface area contributed by atoms with Gasteiger partial charge in [-0.1, -0.05) is 32.3 Å². The molecule has 3 heteroatoms. The van der Waals surface area contributed by atoms with Gasteiger partial charge in [0.15, 0.2) is 0 Å². The van der Waals surface area contributed by atoms with Crippen molar-refractivity contribution in [2.75, 3.05) is 21.1 Å². The van der Waals surface area contributed by atoms with Gasteiger partial charge in [0, 0.05) is 29.9 Å². The lowest BCUT2D eigenvalue weighted by Crippen LogP contribution is -2.60. The zero-order valence-electron chi connectivity index (χ0n) is 14.2. The van der Waals surface area contributed by atoms with E-state index in [0.717, 1.165) is 12.8 Å². The molecule has 1 saturated carbocycles. The monoisotopic (exact) mass is 289 g/mol. The van der Waals surface area contributed by atoms with E-state index in [-0.39, 0.29) is 5.54 Å². The Balaban J connectivity index is 2.16. The van der Waals surface area contributed by atoms with Crippen LogP contribution in [0.3, 0.4) is 0 Å². The van der Waals surface area contributed by atoms with Crippen LogP contribution in [0.5, 0.6) is 0 Å². The molecule has 0 aliphatic heterocycles. The number of aromatic nitrogens is 1. The second-order valence-electron chi connectivity index (χ2n) is 6.62. The van der Waals surface area contributed by atoms with E-state index in [1.165, 1.54) is 43.4 Å². The minimum atomic E-state index is 0.276. The Bertz CT molecular complexity index is 419. The van der Waals surface area contributed by atoms with Crippen molar-refractivity contribution < 1.29 is 0 Å². The minimum absolute atomic E-state index is 0.276. The van der Waals surface area contributed by atoms with E-state index in [1.807, 2.05) is 6.20 Å². The highest BCUT2D eigenvalue weighted by molar-refractivity contribution is 5.16. The van der Waals surface area contributed by atoms with Gasteiger partial charge in [-0.2, -0.15) is 0 Å². The van der Waals surface area contributed by atoms with E-state index >= 15 is 0 Å². The van der Waals surface area contributed by atoms with Crippen molar-refractivity contribution in [1.29, 1.82) is 0 Å². The van der Waals surface area contributed by atoms with Crippen molar-refractivity contribution in [3.8, 4) is 0 Å². The zero-order chi connectivity index (χ0) is 15.3. The summed E-state index contributed by atoms with van der Waals surface area (Å²) in [5, 5.41) is 3.59. The molecule has 0 amide bonds. The number of hydrogen-bond donors (Lipinski definition) is 1. The molecule has 1 aromatic rings. The van der Waals surface area contributed by atoms with Gasteiger partial charge in [0.05, 0.1) is 0 Å². The van der Waals surface area contributed by atoms with Crippen LogP contribution in [0.4, 0.5) is 0 Å². The van der Waals surface area contributed by atoms with Crippen molar-refractivity contribution in [3.05, 3.63) is 29.6 Å². The molecule has 1 aliphatic carbocycles. The van der Waals surface area contributed by atoms with Crippen molar-refractivity contribution >= 4 is 0 Å². The molecule has 0 radical (unpaired) electrons. The number of aryl methyl sites for hydroxylation is 1. The average Bonchev–Trinajstić information content (AvgIpc) is 2.53. The van der Waals surface area contributed by atoms with Crippen LogP contribution in [0.2, 0.25) is 0 Å². The Morgan fingerprint density at radius 1 is 1.24 bits per heavy atom. The highest BCUT2D eigenvalue weighted by Crippen LogP contribution is 2.36. The summed E-state index contributed by atoms with van der Waals surface area (Å²) in [6.07, 6.45) is 10.8. The average molecular weight is 289 g/mol. The minimum Gasteiger partial charge on any atom is -0.315 e. The number of pyridine rings is 1. The molecule has 21 heavy (non-hydrogen) atoms. The summed E-state index contributed by atoms with van der Waals surface area (Å²) in [4.78, 5) is 7.12. The van der Waals surface area contributed by atoms with Crippen LogP contribution >= 0.6 is 0 Å². The summed E-state index contributed by atoms with van der Waals surface area (Å²) in [5.74, 6) is 0. The third-order valence-electron chi connectivity index (χ3n) is 5.31. The van der Waals surface area contributed by atoms with Gasteiger partial charge in [-0.3, -0.25) is 4.98 Å². The van der Waals surface area contributed by atoms with Gasteiger partial charge in [-0.25, -0.2) is 0 Å². The molecule has 1 atom stereocenters. The van der Waals surface area contributed by atoms with Crippen LogP contribution in [-0.2, 0) is 12.8 Å². The van der Waals surface area contributed by atoms with E-state index in [2.05, 4.69) is 55.4 Å². The van der Waals surface area contributed by atoms with Gasteiger partial charge in [0.1, 0.15) is 0 Å². The molecule has 0 bridgehead atoms. The van der Waals surface area contributed by atoms with Gasteiger partial charge < -0.3 is 10.2 Å². The Morgan fingerprint density at radius 2 is 1.95 bits per heavy atom. The molecule has 2 rings (SSSR count). The fourth-order valence-electron chi connectivity index (χ4n) is 3.83. The van der Waals surface area contributed by atoms with Gasteiger partial charge in [0.2, 0.25) is 0 Å². The molecule has 1 fully saturated rings. The Morgan fingerprint density at radius 3 is 2.43 bits per heavy atom. The molecule has 118 valence electrons. The van der Waals surface area contributed by atoms with Crippen molar-refractivity contribution in [2.24, 2.45) is 0 Å². The van der Waals surface area contributed by atoms with Gasteiger partial charge in [-0.05, 0) is 52.0 Å². The summed E-state index contributed by atoms with van der Waals surface area (Å²) in [6.45, 7) is 2.18. The highest BCUT2D eigenvalue weighted by Gasteiger charge is 2.41. The predicted molar refractivity (Wildman–Crippen MR) is 89.7 cm³/mol. The zero-order valence-corrected chi connectivity index (χ0v) is 14.2. The molecule has 1 N–H and O–H groups in total. The fourth-order valence-corrected chi connectivity index (χ4v) is 3.83. The molecule has 1 aromatic heterocycles. The second-order valence-corrected chi connectivity index (χ2v) is 6.62. The maximum absolute atomic E-state index is 4.66. The fraction of sp³-hybridized carbons (Fsp3) is 0.722. The maximum Gasteiger partial charge on any atom is 0.0420 e. The van der Waals surface area contributed by atoms with E-state index in [9.17, 15) is 0 Å². The standard InChI is InChI=1S/C18H31N3/c1-5-15-9-10-16(20-14-15)13-17(19-2)18(21(3)4)11-7-6-8-12-18/h9-10,14,17,19H,5-8,11-13H2,1-4H3. The van der Waals surface area contributed by atoms with E-state index in [4.69, 9.17) is 0 Å². The topological polar surface area (TPSA) is 28.2 Å². The van der Waals surface area contributed by atoms with Gasteiger partial charge >= 0.3 is 0 Å². The van der Waals surface area contributed by atoms with Crippen LogP contribution in [0.15, 0.2) is 18.3 Å². The molecular weight excluding hydrogens is 258 g/mol. The van der Waals surface area contributed by atoms with Gasteiger partial charge in [0.25, 0.3) is 0 Å². The number of nitrogens with one attached hydrogen (secondary N) is 1. The lowest BCUT2D eigenvalue weighted by atomic mass is 9.74. The molecule has 1 aliphatic rings. The molecule has 3 nitrogen and oxygen atoms in total. The predicted octanol–water partition coefficient (Wildman–Crippen LogP) is 3.04. The quantitative estimate of drug-likeness (QED) is 0.872. The maximum atomic E-state index is 4.66. The second kappa shape index (κ2) is 7.37. The molecule has 1 unspecified atom stereocenters. The molecule has 1 heterocycles. The number of likely N-dealkylation sites (N-methyl/N-ethyl adjacent to an activating group) is 2. The summed E-state index contributed by atoms with van der Waals surface area (Å²) < 4.78 is 0. The van der Waals surface area contributed by atoms with Crippen molar-refractivity contribution in [3.63, 3.8) is 0 Å². The lowest BCUT2D eigenvalue weighted by Gasteiger charge is -2.48. The first kappa shape index (κ1) is 16.4. The third-order valence-corrected chi connectivity index (χ3v) is 5.31. The van der Waals surface area contributed by atoms with E-state index < -0.39 is 0 Å². The van der Waals surface area contributed by atoms with Crippen LogP contribution in [0.25, 0.3) is 0 Å². The summed E-state index contributed by atoms with van der Waals surface area (Å²) >= 11 is 0. The number of nitrogens with zero attached hydrogens (tertiary/aromatic N) is 2.